The van der Waals surface area contributed by atoms with Crippen LogP contribution in [0.4, 0.5) is 5.69 Å². The zero-order chi connectivity index (χ0) is 23.3. The van der Waals surface area contributed by atoms with E-state index in [0.717, 1.165) is 4.47 Å². The summed E-state index contributed by atoms with van der Waals surface area (Å²) in [7, 11) is -4.22. The Labute approximate surface area is 201 Å². The Morgan fingerprint density at radius 2 is 1.62 bits per heavy atom. The number of hydrogen-bond acceptors (Lipinski definition) is 5. The van der Waals surface area contributed by atoms with Crippen molar-refractivity contribution in [2.45, 2.75) is 10.1 Å². The van der Waals surface area contributed by atoms with Gasteiger partial charge in [0.25, 0.3) is 0 Å². The third-order valence-electron chi connectivity index (χ3n) is 4.08. The summed E-state index contributed by atoms with van der Waals surface area (Å²) in [4.78, 5) is 28.4. The fourth-order valence-electron chi connectivity index (χ4n) is 2.56. The molecule has 0 saturated carbocycles. The number of anilines is 1. The van der Waals surface area contributed by atoms with E-state index in [-0.39, 0.29) is 36.7 Å². The van der Waals surface area contributed by atoms with Crippen LogP contribution in [0.1, 0.15) is 10.4 Å². The molecular weight excluding hydrogens is 540 g/mol. The summed E-state index contributed by atoms with van der Waals surface area (Å²) in [6.45, 7) is 0. The van der Waals surface area contributed by atoms with Crippen molar-refractivity contribution in [2.24, 2.45) is 0 Å². The van der Waals surface area contributed by atoms with Crippen LogP contribution in [-0.2, 0) is 14.8 Å². The molecule has 0 radical (unpaired) electrons. The first-order chi connectivity index (χ1) is 15.2. The van der Waals surface area contributed by atoms with Crippen molar-refractivity contribution < 1.29 is 28.0 Å². The van der Waals surface area contributed by atoms with Crippen molar-refractivity contribution in [2.75, 3.05) is 4.47 Å². The van der Waals surface area contributed by atoms with E-state index in [1.54, 1.807) is 30.3 Å². The number of aliphatic carboxylic acids is 1. The van der Waals surface area contributed by atoms with Gasteiger partial charge in [0.2, 0.25) is 0 Å². The molecule has 0 aliphatic rings. The zero-order valence-corrected chi connectivity index (χ0v) is 20.7. The van der Waals surface area contributed by atoms with Gasteiger partial charge in [-0.2, -0.15) is 0 Å². The summed E-state index contributed by atoms with van der Waals surface area (Å²) in [5, 5.41) is 9.05. The van der Waals surface area contributed by atoms with E-state index in [2.05, 4.69) is 0 Å². The first-order valence-corrected chi connectivity index (χ1v) is 13.7. The SMILES string of the molecule is O=C(O)C[AsH]C(=O)c1ccc(S(=O)(=O)N(Oc2ccc(Cl)cc2Cl)c2ccccc2)cc1. The molecule has 0 bridgehead atoms. The van der Waals surface area contributed by atoms with Crippen molar-refractivity contribution in [1.29, 1.82) is 0 Å². The molecular formula is C21H16AsCl2NO6S. The summed E-state index contributed by atoms with van der Waals surface area (Å²) in [6, 6.07) is 17.8. The van der Waals surface area contributed by atoms with E-state index < -0.39 is 31.7 Å². The number of rotatable bonds is 9. The fourth-order valence-corrected chi connectivity index (χ4v) is 5.69. The Bertz CT molecular complexity index is 1240. The van der Waals surface area contributed by atoms with Crippen LogP contribution >= 0.6 is 23.2 Å². The van der Waals surface area contributed by atoms with Gasteiger partial charge >= 0.3 is 190 Å². The molecule has 0 aliphatic heterocycles. The third kappa shape index (κ3) is 5.84. The summed E-state index contributed by atoms with van der Waals surface area (Å²) in [5.41, 5.74) is 0.491. The monoisotopic (exact) mass is 555 g/mol. The molecule has 3 rings (SSSR count). The molecule has 0 heterocycles. The topological polar surface area (TPSA) is 101 Å². The van der Waals surface area contributed by atoms with E-state index in [1.165, 1.54) is 42.5 Å². The van der Waals surface area contributed by atoms with Gasteiger partial charge in [0.15, 0.2) is 0 Å². The van der Waals surface area contributed by atoms with Crippen LogP contribution in [-0.4, -0.2) is 39.8 Å². The molecule has 32 heavy (non-hydrogen) atoms. The van der Waals surface area contributed by atoms with Crippen molar-refractivity contribution >= 4 is 65.2 Å². The van der Waals surface area contributed by atoms with E-state index in [4.69, 9.17) is 33.1 Å². The second-order valence-electron chi connectivity index (χ2n) is 6.33. The molecule has 7 nitrogen and oxygen atoms in total. The van der Waals surface area contributed by atoms with Crippen molar-refractivity contribution in [1.82, 2.24) is 0 Å². The van der Waals surface area contributed by atoms with Crippen LogP contribution < -0.4 is 9.31 Å². The Kier molecular flexibility index (Phi) is 7.85. The van der Waals surface area contributed by atoms with Crippen molar-refractivity contribution in [3.63, 3.8) is 0 Å². The molecule has 0 aromatic heterocycles. The molecule has 1 N–H and O–H groups in total. The van der Waals surface area contributed by atoms with Crippen LogP contribution in [0.3, 0.4) is 0 Å². The second-order valence-corrected chi connectivity index (χ2v) is 11.4. The Hall–Kier alpha value is -2.51. The van der Waals surface area contributed by atoms with Crippen molar-refractivity contribution in [3.05, 3.63) is 88.4 Å². The predicted molar refractivity (Wildman–Crippen MR) is 124 cm³/mol. The normalized spacial score (nSPS) is 11.4. The first kappa shape index (κ1) is 24.1. The average Bonchev–Trinajstić information content (AvgIpc) is 2.77. The molecule has 166 valence electrons. The molecule has 0 amide bonds. The minimum absolute atomic E-state index is 0.0781. The summed E-state index contributed by atoms with van der Waals surface area (Å²) >= 11 is 10.7. The first-order valence-electron chi connectivity index (χ1n) is 9.02. The minimum atomic E-state index is -4.22. The van der Waals surface area contributed by atoms with Crippen LogP contribution in [0.25, 0.3) is 0 Å². The van der Waals surface area contributed by atoms with Gasteiger partial charge in [-0.25, -0.2) is 0 Å². The van der Waals surface area contributed by atoms with Crippen molar-refractivity contribution in [3.8, 4) is 5.75 Å². The average molecular weight is 556 g/mol. The maximum atomic E-state index is 13.4. The maximum absolute atomic E-state index is 13.4. The number of hydrogen-bond donors (Lipinski definition) is 1. The van der Waals surface area contributed by atoms with Crippen LogP contribution in [0.2, 0.25) is 15.3 Å². The van der Waals surface area contributed by atoms with E-state index >= 15 is 0 Å². The van der Waals surface area contributed by atoms with E-state index in [9.17, 15) is 18.0 Å². The standard InChI is InChI=1S/C21H16AsCl2NO6S/c23-15-8-11-19(18(24)12-15)31-25(16-4-2-1-3-5-16)32(29,30)17-9-6-14(7-10-17)21(28)22-13-20(26)27/h1-12,22H,13H2,(H,26,27). The number of carboxylic acid groups (broad SMARTS) is 1. The number of halogens is 2. The molecule has 3 aromatic rings. The number of sulfonamides is 1. The quantitative estimate of drug-likeness (QED) is 0.313. The number of carbonyl (C=O) groups is 2. The van der Waals surface area contributed by atoms with Gasteiger partial charge in [0.1, 0.15) is 0 Å². The van der Waals surface area contributed by atoms with Crippen LogP contribution in [0.5, 0.6) is 5.75 Å². The molecule has 0 saturated heterocycles. The van der Waals surface area contributed by atoms with Gasteiger partial charge in [-0.15, -0.1) is 0 Å². The molecule has 1 atom stereocenters. The fraction of sp³-hybridized carbons (Fsp3) is 0.0476. The summed E-state index contributed by atoms with van der Waals surface area (Å²) in [5.74, 6) is -0.955. The number of nitrogens with zero attached hydrogens (tertiary/aromatic N) is 1. The van der Waals surface area contributed by atoms with Crippen LogP contribution in [0, 0.1) is 0 Å². The Morgan fingerprint density at radius 1 is 0.969 bits per heavy atom. The predicted octanol–water partition coefficient (Wildman–Crippen LogP) is 4.26. The number of benzene rings is 3. The third-order valence-corrected chi connectivity index (χ3v) is 8.48. The second kappa shape index (κ2) is 10.4. The molecule has 0 aliphatic carbocycles. The molecule has 0 spiro atoms. The van der Waals surface area contributed by atoms with E-state index in [0.29, 0.717) is 5.02 Å². The van der Waals surface area contributed by atoms with Gasteiger partial charge in [-0.05, 0) is 0 Å². The Balaban J connectivity index is 1.95. The van der Waals surface area contributed by atoms with Gasteiger partial charge in [-0.3, -0.25) is 0 Å². The van der Waals surface area contributed by atoms with Gasteiger partial charge in [-0.1, -0.05) is 11.6 Å². The Morgan fingerprint density at radius 3 is 2.22 bits per heavy atom. The van der Waals surface area contributed by atoms with Crippen LogP contribution in [0.15, 0.2) is 77.7 Å². The molecule has 1 unspecified atom stereocenters. The zero-order valence-electron chi connectivity index (χ0n) is 16.2. The van der Waals surface area contributed by atoms with Gasteiger partial charge in [0, 0.05) is 0 Å². The van der Waals surface area contributed by atoms with E-state index in [1.807, 2.05) is 0 Å². The molecule has 3 aromatic carbocycles. The van der Waals surface area contributed by atoms with Gasteiger partial charge in [0.05, 0.1) is 0 Å². The summed E-state index contributed by atoms with van der Waals surface area (Å²) < 4.78 is 27.2. The molecule has 0 fully saturated rings. The number of carboxylic acids is 1. The van der Waals surface area contributed by atoms with Gasteiger partial charge < -0.3 is 0 Å². The number of carbonyl (C=O) groups excluding carboxylic acids is 1. The summed E-state index contributed by atoms with van der Waals surface area (Å²) in [6.07, 6.45) is 0. The molecule has 11 heteroatoms. The number of para-hydroxylation sites is 1.